The summed E-state index contributed by atoms with van der Waals surface area (Å²) < 4.78 is 7.88. The van der Waals surface area contributed by atoms with Crippen LogP contribution in [0.1, 0.15) is 38.6 Å². The van der Waals surface area contributed by atoms with Crippen molar-refractivity contribution in [2.24, 2.45) is 0 Å². The number of anilines is 1. The topological polar surface area (TPSA) is 124 Å². The lowest BCUT2D eigenvalue weighted by atomic mass is 9.93. The van der Waals surface area contributed by atoms with E-state index < -0.39 is 17.6 Å². The van der Waals surface area contributed by atoms with Crippen molar-refractivity contribution in [2.45, 2.75) is 50.8 Å². The van der Waals surface area contributed by atoms with E-state index >= 15 is 0 Å². The number of aliphatic carboxylic acids is 1. The number of carbonyl (C=O) groups is 1. The third-order valence-corrected chi connectivity index (χ3v) is 5.96. The number of carboxylic acids is 1. The number of fused-ring (bicyclic) bond motifs is 1. The zero-order valence-electron chi connectivity index (χ0n) is 17.2. The summed E-state index contributed by atoms with van der Waals surface area (Å²) in [4.78, 5) is 32.8. The molecule has 3 aromatic heterocycles. The second-order valence-corrected chi connectivity index (χ2v) is 8.07. The molecule has 4 rings (SSSR count). The monoisotopic (exact) mass is 446 g/mol. The molecule has 164 valence electrons. The van der Waals surface area contributed by atoms with Crippen LogP contribution >= 0.6 is 11.6 Å². The maximum atomic E-state index is 12.7. The summed E-state index contributed by atoms with van der Waals surface area (Å²) in [5.41, 5.74) is 0.818. The van der Waals surface area contributed by atoms with E-state index in [4.69, 9.17) is 16.3 Å². The summed E-state index contributed by atoms with van der Waals surface area (Å²) in [6, 6.07) is 0.817. The summed E-state index contributed by atoms with van der Waals surface area (Å²) in [5.74, 6) is -0.658. The maximum absolute atomic E-state index is 12.7. The molecule has 1 atom stereocenters. The highest BCUT2D eigenvalue weighted by Gasteiger charge is 2.22. The molecule has 3 aromatic rings. The van der Waals surface area contributed by atoms with E-state index in [-0.39, 0.29) is 11.6 Å². The smallest absolute Gasteiger partial charge is 0.326 e. The lowest BCUT2D eigenvalue weighted by Gasteiger charge is -2.28. The largest absolute Gasteiger partial charge is 0.480 e. The van der Waals surface area contributed by atoms with Crippen LogP contribution in [-0.2, 0) is 9.53 Å². The number of ether oxygens (including phenoxy) is 1. The van der Waals surface area contributed by atoms with Gasteiger partial charge in [-0.15, -0.1) is 0 Å². The molecule has 0 saturated heterocycles. The molecule has 1 saturated carbocycles. The first-order valence-corrected chi connectivity index (χ1v) is 10.4. The van der Waals surface area contributed by atoms with Gasteiger partial charge in [0.2, 0.25) is 5.95 Å². The molecule has 0 bridgehead atoms. The molecule has 1 fully saturated rings. The van der Waals surface area contributed by atoms with Gasteiger partial charge in [-0.2, -0.15) is 5.10 Å². The zero-order valence-corrected chi connectivity index (χ0v) is 17.9. The summed E-state index contributed by atoms with van der Waals surface area (Å²) in [5, 5.41) is 17.0. The fraction of sp³-hybridized carbons (Fsp3) is 0.450. The Bertz CT molecular complexity index is 1170. The summed E-state index contributed by atoms with van der Waals surface area (Å²) in [6.07, 6.45) is 8.54. The molecule has 2 N–H and O–H groups in total. The van der Waals surface area contributed by atoms with Crippen LogP contribution in [0.2, 0.25) is 5.02 Å². The minimum atomic E-state index is -1.12. The molecular formula is C20H23ClN6O4. The SMILES string of the molecule is COC1CCC(Nc2ncc(Cl)c(-c3cc4c(=O)n(C(C)C(=O)O)cnn4c3)n2)CC1. The van der Waals surface area contributed by atoms with Crippen molar-refractivity contribution >= 4 is 29.0 Å². The number of hydrogen-bond donors (Lipinski definition) is 2. The maximum Gasteiger partial charge on any atom is 0.326 e. The van der Waals surface area contributed by atoms with E-state index in [9.17, 15) is 14.7 Å². The summed E-state index contributed by atoms with van der Waals surface area (Å²) in [7, 11) is 1.74. The molecule has 0 aromatic carbocycles. The highest BCUT2D eigenvalue weighted by molar-refractivity contribution is 6.32. The van der Waals surface area contributed by atoms with Gasteiger partial charge in [-0.25, -0.2) is 19.3 Å². The zero-order chi connectivity index (χ0) is 22.1. The first kappa shape index (κ1) is 21.3. The van der Waals surface area contributed by atoms with Gasteiger partial charge in [-0.1, -0.05) is 11.6 Å². The van der Waals surface area contributed by atoms with Crippen LogP contribution in [0.3, 0.4) is 0 Å². The molecule has 11 heteroatoms. The minimum absolute atomic E-state index is 0.229. The average Bonchev–Trinajstić information content (AvgIpc) is 3.20. The summed E-state index contributed by atoms with van der Waals surface area (Å²) in [6.45, 7) is 1.42. The Labute approximate surface area is 182 Å². The Morgan fingerprint density at radius 1 is 1.35 bits per heavy atom. The fourth-order valence-corrected chi connectivity index (χ4v) is 3.99. The number of nitrogens with one attached hydrogen (secondary N) is 1. The van der Waals surface area contributed by atoms with Gasteiger partial charge in [0.15, 0.2) is 0 Å². The predicted octanol–water partition coefficient (Wildman–Crippen LogP) is 2.62. The van der Waals surface area contributed by atoms with Crippen LogP contribution in [0, 0.1) is 0 Å². The van der Waals surface area contributed by atoms with E-state index in [2.05, 4.69) is 20.4 Å². The van der Waals surface area contributed by atoms with Gasteiger partial charge in [0.1, 0.15) is 17.9 Å². The highest BCUT2D eigenvalue weighted by atomic mass is 35.5. The molecule has 1 aliphatic carbocycles. The molecule has 0 radical (unpaired) electrons. The van der Waals surface area contributed by atoms with E-state index in [0.717, 1.165) is 30.3 Å². The van der Waals surface area contributed by atoms with Gasteiger partial charge in [0.25, 0.3) is 5.56 Å². The Morgan fingerprint density at radius 3 is 2.77 bits per heavy atom. The lowest BCUT2D eigenvalue weighted by Crippen LogP contribution is -2.29. The number of methoxy groups -OCH3 is 1. The predicted molar refractivity (Wildman–Crippen MR) is 115 cm³/mol. The lowest BCUT2D eigenvalue weighted by molar-refractivity contribution is -0.140. The van der Waals surface area contributed by atoms with Crippen LogP contribution in [0.4, 0.5) is 5.95 Å². The van der Waals surface area contributed by atoms with Gasteiger partial charge in [0, 0.05) is 24.9 Å². The van der Waals surface area contributed by atoms with Gasteiger partial charge >= 0.3 is 5.97 Å². The van der Waals surface area contributed by atoms with Crippen LogP contribution < -0.4 is 10.9 Å². The molecule has 0 aliphatic heterocycles. The highest BCUT2D eigenvalue weighted by Crippen LogP contribution is 2.29. The van der Waals surface area contributed by atoms with Crippen molar-refractivity contribution in [1.29, 1.82) is 0 Å². The van der Waals surface area contributed by atoms with Gasteiger partial charge in [-0.3, -0.25) is 9.36 Å². The van der Waals surface area contributed by atoms with E-state index in [1.807, 2.05) is 0 Å². The number of nitrogens with zero attached hydrogens (tertiary/aromatic N) is 5. The quantitative estimate of drug-likeness (QED) is 0.592. The van der Waals surface area contributed by atoms with Crippen molar-refractivity contribution in [2.75, 3.05) is 12.4 Å². The van der Waals surface area contributed by atoms with E-state index in [1.165, 1.54) is 24.0 Å². The second-order valence-electron chi connectivity index (χ2n) is 7.66. The Morgan fingerprint density at radius 2 is 2.10 bits per heavy atom. The van der Waals surface area contributed by atoms with Crippen molar-refractivity contribution in [3.05, 3.63) is 40.2 Å². The molecule has 0 spiro atoms. The Kier molecular flexibility index (Phi) is 5.92. The second kappa shape index (κ2) is 8.64. The Hall–Kier alpha value is -2.98. The minimum Gasteiger partial charge on any atom is -0.480 e. The number of aromatic nitrogens is 5. The molecule has 1 aliphatic rings. The number of hydrogen-bond acceptors (Lipinski definition) is 7. The van der Waals surface area contributed by atoms with Crippen molar-refractivity contribution < 1.29 is 14.6 Å². The van der Waals surface area contributed by atoms with Crippen molar-refractivity contribution in [3.63, 3.8) is 0 Å². The van der Waals surface area contributed by atoms with Crippen LogP contribution in [0.15, 0.2) is 29.6 Å². The van der Waals surface area contributed by atoms with Crippen LogP contribution in [-0.4, -0.2) is 54.5 Å². The number of halogens is 1. The van der Waals surface area contributed by atoms with E-state index in [0.29, 0.717) is 28.3 Å². The molecule has 31 heavy (non-hydrogen) atoms. The Balaban J connectivity index is 1.63. The van der Waals surface area contributed by atoms with Crippen LogP contribution in [0.5, 0.6) is 0 Å². The fourth-order valence-electron chi connectivity index (χ4n) is 3.79. The van der Waals surface area contributed by atoms with Crippen LogP contribution in [0.25, 0.3) is 16.8 Å². The molecule has 3 heterocycles. The molecule has 0 amide bonds. The van der Waals surface area contributed by atoms with Crippen molar-refractivity contribution in [3.8, 4) is 11.3 Å². The normalized spacial score (nSPS) is 20.0. The molecule has 1 unspecified atom stereocenters. The standard InChI is InChI=1S/C20H23ClN6O4/c1-11(19(29)30)26-10-23-27-9-12(7-16(27)18(26)28)17-15(21)8-22-20(25-17)24-13-3-5-14(31-2)6-4-13/h7-11,13-14H,3-6H2,1-2H3,(H,29,30)(H,22,24,25). The molecule has 10 nitrogen and oxygen atoms in total. The van der Waals surface area contributed by atoms with Crippen molar-refractivity contribution in [1.82, 2.24) is 24.1 Å². The third-order valence-electron chi connectivity index (χ3n) is 5.69. The first-order valence-electron chi connectivity index (χ1n) is 10.0. The van der Waals surface area contributed by atoms with Gasteiger partial charge in [-0.05, 0) is 38.7 Å². The van der Waals surface area contributed by atoms with Gasteiger partial charge in [0.05, 0.1) is 23.0 Å². The first-order chi connectivity index (χ1) is 14.9. The van der Waals surface area contributed by atoms with Gasteiger partial charge < -0.3 is 15.2 Å². The molecular weight excluding hydrogens is 424 g/mol. The van der Waals surface area contributed by atoms with E-state index in [1.54, 1.807) is 19.4 Å². The number of carboxylic acid groups (broad SMARTS) is 1. The third kappa shape index (κ3) is 4.26. The number of rotatable bonds is 6. The average molecular weight is 447 g/mol. The summed E-state index contributed by atoms with van der Waals surface area (Å²) >= 11 is 6.34.